The van der Waals surface area contributed by atoms with Crippen LogP contribution in [0, 0.1) is 17.5 Å². The summed E-state index contributed by atoms with van der Waals surface area (Å²) >= 11 is 0. The molecule has 1 aliphatic carbocycles. The molecule has 0 heterocycles. The van der Waals surface area contributed by atoms with Gasteiger partial charge in [0.15, 0.2) is 17.5 Å². The summed E-state index contributed by atoms with van der Waals surface area (Å²) in [6, 6.07) is 1.54. The summed E-state index contributed by atoms with van der Waals surface area (Å²) in [6.45, 7) is 1.68. The molecule has 22 heavy (non-hydrogen) atoms. The molecule has 1 aromatic rings. The molecule has 122 valence electrons. The highest BCUT2D eigenvalue weighted by Crippen LogP contribution is 2.20. The Hall–Kier alpha value is -1.56. The standard InChI is InChI=1S/C16H21F3N2O/c1-10(20-11-6-4-2-3-5-7-11)16(22)21-13-9-8-12(17)14(18)15(13)19/h8-11,20H,2-7H2,1H3,(H,21,22)/t10-/m1/s1. The minimum Gasteiger partial charge on any atom is -0.322 e. The lowest BCUT2D eigenvalue weighted by Crippen LogP contribution is -2.43. The highest BCUT2D eigenvalue weighted by atomic mass is 19.2. The van der Waals surface area contributed by atoms with Crippen molar-refractivity contribution in [2.45, 2.75) is 57.5 Å². The predicted octanol–water partition coefficient (Wildman–Crippen LogP) is 3.74. The summed E-state index contributed by atoms with van der Waals surface area (Å²) in [7, 11) is 0. The average molecular weight is 314 g/mol. The molecule has 0 aliphatic heterocycles. The maximum Gasteiger partial charge on any atom is 0.241 e. The zero-order valence-corrected chi connectivity index (χ0v) is 12.6. The average Bonchev–Trinajstić information content (AvgIpc) is 2.76. The van der Waals surface area contributed by atoms with Gasteiger partial charge in [-0.2, -0.15) is 0 Å². The van der Waals surface area contributed by atoms with E-state index in [1.54, 1.807) is 6.92 Å². The second-order valence-electron chi connectivity index (χ2n) is 5.79. The van der Waals surface area contributed by atoms with Crippen LogP contribution in [-0.4, -0.2) is 18.0 Å². The van der Waals surface area contributed by atoms with Crippen LogP contribution in [0.4, 0.5) is 18.9 Å². The smallest absolute Gasteiger partial charge is 0.241 e. The van der Waals surface area contributed by atoms with Crippen LogP contribution in [0.5, 0.6) is 0 Å². The van der Waals surface area contributed by atoms with Gasteiger partial charge in [-0.25, -0.2) is 13.2 Å². The van der Waals surface area contributed by atoms with E-state index >= 15 is 0 Å². The highest BCUT2D eigenvalue weighted by Gasteiger charge is 2.21. The molecule has 0 bridgehead atoms. The fourth-order valence-corrected chi connectivity index (χ4v) is 2.74. The minimum atomic E-state index is -1.58. The van der Waals surface area contributed by atoms with Crippen molar-refractivity contribution in [2.75, 3.05) is 5.32 Å². The maximum absolute atomic E-state index is 13.5. The summed E-state index contributed by atoms with van der Waals surface area (Å²) < 4.78 is 39.6. The summed E-state index contributed by atoms with van der Waals surface area (Å²) in [5.41, 5.74) is -0.349. The van der Waals surface area contributed by atoms with Gasteiger partial charge in [0.05, 0.1) is 11.7 Å². The van der Waals surface area contributed by atoms with E-state index in [0.29, 0.717) is 0 Å². The molecule has 1 saturated carbocycles. The van der Waals surface area contributed by atoms with Crippen molar-refractivity contribution >= 4 is 11.6 Å². The third-order valence-electron chi connectivity index (χ3n) is 4.03. The van der Waals surface area contributed by atoms with Crippen LogP contribution in [0.1, 0.15) is 45.4 Å². The number of carbonyl (C=O) groups is 1. The second kappa shape index (κ2) is 7.63. The quantitative estimate of drug-likeness (QED) is 0.656. The van der Waals surface area contributed by atoms with Crippen molar-refractivity contribution in [1.29, 1.82) is 0 Å². The molecule has 1 atom stereocenters. The number of hydrogen-bond donors (Lipinski definition) is 2. The summed E-state index contributed by atoms with van der Waals surface area (Å²) in [6.07, 6.45) is 6.69. The Balaban J connectivity index is 1.95. The predicted molar refractivity (Wildman–Crippen MR) is 79.0 cm³/mol. The third-order valence-corrected chi connectivity index (χ3v) is 4.03. The lowest BCUT2D eigenvalue weighted by Gasteiger charge is -2.21. The van der Waals surface area contributed by atoms with Crippen molar-refractivity contribution in [1.82, 2.24) is 5.32 Å². The van der Waals surface area contributed by atoms with Crippen molar-refractivity contribution in [3.05, 3.63) is 29.6 Å². The molecule has 1 fully saturated rings. The number of nitrogens with one attached hydrogen (secondary N) is 2. The largest absolute Gasteiger partial charge is 0.322 e. The zero-order chi connectivity index (χ0) is 16.1. The van der Waals surface area contributed by atoms with Gasteiger partial charge in [-0.15, -0.1) is 0 Å². The fourth-order valence-electron chi connectivity index (χ4n) is 2.74. The van der Waals surface area contributed by atoms with E-state index in [1.807, 2.05) is 0 Å². The van der Waals surface area contributed by atoms with E-state index in [2.05, 4.69) is 10.6 Å². The summed E-state index contributed by atoms with van der Waals surface area (Å²) in [5, 5.41) is 5.52. The Bertz CT molecular complexity index is 528. The molecule has 2 rings (SSSR count). The van der Waals surface area contributed by atoms with E-state index in [0.717, 1.165) is 37.8 Å². The zero-order valence-electron chi connectivity index (χ0n) is 12.6. The first kappa shape index (κ1) is 16.8. The second-order valence-corrected chi connectivity index (χ2v) is 5.79. The van der Waals surface area contributed by atoms with E-state index in [1.165, 1.54) is 12.8 Å². The Morgan fingerprint density at radius 3 is 2.36 bits per heavy atom. The molecule has 1 aromatic carbocycles. The molecule has 0 aromatic heterocycles. The van der Waals surface area contributed by atoms with Crippen LogP contribution >= 0.6 is 0 Å². The van der Waals surface area contributed by atoms with Crippen molar-refractivity contribution in [3.63, 3.8) is 0 Å². The monoisotopic (exact) mass is 314 g/mol. The Morgan fingerprint density at radius 2 is 1.73 bits per heavy atom. The first-order valence-corrected chi connectivity index (χ1v) is 7.69. The van der Waals surface area contributed by atoms with Gasteiger partial charge in [-0.3, -0.25) is 4.79 Å². The van der Waals surface area contributed by atoms with E-state index in [9.17, 15) is 18.0 Å². The van der Waals surface area contributed by atoms with Crippen LogP contribution < -0.4 is 10.6 Å². The van der Waals surface area contributed by atoms with Crippen LogP contribution in [0.15, 0.2) is 12.1 Å². The van der Waals surface area contributed by atoms with Gasteiger partial charge in [-0.05, 0) is 31.9 Å². The SMILES string of the molecule is C[C@@H](NC1CCCCCC1)C(=O)Nc1ccc(F)c(F)c1F. The van der Waals surface area contributed by atoms with E-state index < -0.39 is 29.4 Å². The van der Waals surface area contributed by atoms with Gasteiger partial charge in [0.25, 0.3) is 0 Å². The van der Waals surface area contributed by atoms with E-state index in [-0.39, 0.29) is 11.7 Å². The number of rotatable bonds is 4. The number of anilines is 1. The third kappa shape index (κ3) is 4.22. The molecule has 0 saturated heterocycles. The molecule has 6 heteroatoms. The first-order valence-electron chi connectivity index (χ1n) is 7.69. The number of benzene rings is 1. The van der Waals surface area contributed by atoms with Gasteiger partial charge in [0.2, 0.25) is 5.91 Å². The lowest BCUT2D eigenvalue weighted by atomic mass is 10.1. The van der Waals surface area contributed by atoms with Gasteiger partial charge >= 0.3 is 0 Å². The summed E-state index contributed by atoms with van der Waals surface area (Å²) in [4.78, 5) is 12.1. The summed E-state index contributed by atoms with van der Waals surface area (Å²) in [5.74, 6) is -4.70. The molecular formula is C16H21F3N2O. The van der Waals surface area contributed by atoms with Gasteiger partial charge < -0.3 is 10.6 Å². The van der Waals surface area contributed by atoms with Crippen LogP contribution in [0.3, 0.4) is 0 Å². The fraction of sp³-hybridized carbons (Fsp3) is 0.562. The van der Waals surface area contributed by atoms with Gasteiger partial charge in [-0.1, -0.05) is 25.7 Å². The highest BCUT2D eigenvalue weighted by molar-refractivity contribution is 5.94. The Labute approximate surface area is 128 Å². The van der Waals surface area contributed by atoms with Crippen molar-refractivity contribution in [3.8, 4) is 0 Å². The number of amides is 1. The number of halogens is 3. The molecule has 0 radical (unpaired) electrons. The number of carbonyl (C=O) groups excluding carboxylic acids is 1. The van der Waals surface area contributed by atoms with E-state index in [4.69, 9.17) is 0 Å². The van der Waals surface area contributed by atoms with Gasteiger partial charge in [0.1, 0.15) is 0 Å². The van der Waals surface area contributed by atoms with Crippen LogP contribution in [0.2, 0.25) is 0 Å². The molecular weight excluding hydrogens is 293 g/mol. The van der Waals surface area contributed by atoms with Crippen molar-refractivity contribution < 1.29 is 18.0 Å². The molecule has 1 aliphatic rings. The Morgan fingerprint density at radius 1 is 1.09 bits per heavy atom. The number of hydrogen-bond acceptors (Lipinski definition) is 2. The lowest BCUT2D eigenvalue weighted by molar-refractivity contribution is -0.118. The van der Waals surface area contributed by atoms with Crippen LogP contribution in [0.25, 0.3) is 0 Å². The minimum absolute atomic E-state index is 0.262. The maximum atomic E-state index is 13.5. The molecule has 0 unspecified atom stereocenters. The molecule has 2 N–H and O–H groups in total. The topological polar surface area (TPSA) is 41.1 Å². The Kier molecular flexibility index (Phi) is 5.83. The van der Waals surface area contributed by atoms with Gasteiger partial charge in [0, 0.05) is 6.04 Å². The molecule has 3 nitrogen and oxygen atoms in total. The normalized spacial score (nSPS) is 17.8. The van der Waals surface area contributed by atoms with Crippen LogP contribution in [-0.2, 0) is 4.79 Å². The first-order chi connectivity index (χ1) is 10.5. The van der Waals surface area contributed by atoms with Crippen molar-refractivity contribution in [2.24, 2.45) is 0 Å². The molecule has 1 amide bonds. The molecule has 0 spiro atoms.